The Labute approximate surface area is 108 Å². The summed E-state index contributed by atoms with van der Waals surface area (Å²) in [6.07, 6.45) is 3.23. The Morgan fingerprint density at radius 2 is 2.21 bits per heavy atom. The van der Waals surface area contributed by atoms with Crippen molar-refractivity contribution in [3.05, 3.63) is 47.3 Å². The second-order valence-electron chi connectivity index (χ2n) is 4.03. The second-order valence-corrected chi connectivity index (χ2v) is 4.03. The van der Waals surface area contributed by atoms with Crippen molar-refractivity contribution in [2.75, 3.05) is 5.73 Å². The Balaban J connectivity index is 2.14. The molecule has 100 valence electrons. The molecule has 1 aromatic heterocycles. The Hall–Kier alpha value is -2.44. The molecule has 2 rings (SSSR count). The summed E-state index contributed by atoms with van der Waals surface area (Å²) in [5.74, 6) is -2.86. The number of aromatic nitrogens is 2. The molecule has 0 aliphatic rings. The van der Waals surface area contributed by atoms with Crippen molar-refractivity contribution in [1.29, 1.82) is 0 Å². The molecule has 0 unspecified atom stereocenters. The van der Waals surface area contributed by atoms with Crippen molar-refractivity contribution < 1.29 is 13.6 Å². The third-order valence-corrected chi connectivity index (χ3v) is 2.56. The first-order valence-electron chi connectivity index (χ1n) is 5.48. The van der Waals surface area contributed by atoms with Gasteiger partial charge >= 0.3 is 0 Å². The van der Waals surface area contributed by atoms with Crippen LogP contribution in [0.4, 0.5) is 14.5 Å². The Kier molecular flexibility index (Phi) is 3.46. The van der Waals surface area contributed by atoms with Crippen molar-refractivity contribution in [3.63, 3.8) is 0 Å². The van der Waals surface area contributed by atoms with E-state index in [1.54, 1.807) is 24.1 Å². The Bertz CT molecular complexity index is 624. The van der Waals surface area contributed by atoms with Gasteiger partial charge in [-0.3, -0.25) is 9.48 Å². The number of carbonyl (C=O) groups excluding carboxylic acids is 1. The smallest absolute Gasteiger partial charge is 0.257 e. The van der Waals surface area contributed by atoms with Crippen LogP contribution in [0.15, 0.2) is 24.5 Å². The van der Waals surface area contributed by atoms with E-state index < -0.39 is 23.1 Å². The quantitative estimate of drug-likeness (QED) is 0.820. The van der Waals surface area contributed by atoms with E-state index in [-0.39, 0.29) is 12.2 Å². The summed E-state index contributed by atoms with van der Waals surface area (Å²) in [6.45, 7) is 0.125. The minimum atomic E-state index is -1.05. The lowest BCUT2D eigenvalue weighted by Crippen LogP contribution is -2.25. The third-order valence-electron chi connectivity index (χ3n) is 2.56. The predicted molar refractivity (Wildman–Crippen MR) is 65.1 cm³/mol. The largest absolute Gasteiger partial charge is 0.396 e. The molecule has 19 heavy (non-hydrogen) atoms. The minimum Gasteiger partial charge on any atom is -0.396 e. The maximum Gasteiger partial charge on any atom is 0.257 e. The lowest BCUT2D eigenvalue weighted by atomic mass is 10.1. The highest BCUT2D eigenvalue weighted by atomic mass is 19.1. The zero-order valence-corrected chi connectivity index (χ0v) is 10.2. The van der Waals surface area contributed by atoms with Gasteiger partial charge in [-0.1, -0.05) is 0 Å². The molecule has 1 aromatic carbocycles. The van der Waals surface area contributed by atoms with Crippen LogP contribution in [0.25, 0.3) is 0 Å². The van der Waals surface area contributed by atoms with E-state index in [0.717, 1.165) is 17.7 Å². The minimum absolute atomic E-state index is 0.125. The SMILES string of the molecule is Cn1cc(CNC(=O)c2c(F)ccc(N)c2F)cn1. The summed E-state index contributed by atoms with van der Waals surface area (Å²) < 4.78 is 28.6. The van der Waals surface area contributed by atoms with E-state index in [1.165, 1.54) is 0 Å². The van der Waals surface area contributed by atoms with Crippen LogP contribution in [-0.4, -0.2) is 15.7 Å². The van der Waals surface area contributed by atoms with Crippen molar-refractivity contribution in [2.45, 2.75) is 6.54 Å². The zero-order valence-electron chi connectivity index (χ0n) is 10.2. The number of amides is 1. The lowest BCUT2D eigenvalue weighted by molar-refractivity contribution is 0.0942. The summed E-state index contributed by atoms with van der Waals surface area (Å²) in [5.41, 5.74) is 5.08. The lowest BCUT2D eigenvalue weighted by Gasteiger charge is -2.07. The van der Waals surface area contributed by atoms with Crippen LogP contribution < -0.4 is 11.1 Å². The first-order valence-corrected chi connectivity index (χ1v) is 5.48. The number of aryl methyl sites for hydroxylation is 1. The molecule has 3 N–H and O–H groups in total. The van der Waals surface area contributed by atoms with Gasteiger partial charge in [-0.15, -0.1) is 0 Å². The van der Waals surface area contributed by atoms with E-state index in [0.29, 0.717) is 0 Å². The van der Waals surface area contributed by atoms with Crippen molar-refractivity contribution >= 4 is 11.6 Å². The second kappa shape index (κ2) is 5.05. The van der Waals surface area contributed by atoms with Crippen LogP contribution in [0.5, 0.6) is 0 Å². The molecule has 0 spiro atoms. The Morgan fingerprint density at radius 1 is 1.47 bits per heavy atom. The van der Waals surface area contributed by atoms with Gasteiger partial charge in [-0.05, 0) is 12.1 Å². The fourth-order valence-electron chi connectivity index (χ4n) is 1.61. The molecule has 0 radical (unpaired) electrons. The number of nitrogen functional groups attached to an aromatic ring is 1. The molecule has 5 nitrogen and oxygen atoms in total. The summed E-state index contributed by atoms with van der Waals surface area (Å²) in [5, 5.41) is 6.32. The number of hydrogen-bond donors (Lipinski definition) is 2. The number of rotatable bonds is 3. The summed E-state index contributed by atoms with van der Waals surface area (Å²) >= 11 is 0. The Morgan fingerprint density at radius 3 is 2.84 bits per heavy atom. The molecular weight excluding hydrogens is 254 g/mol. The van der Waals surface area contributed by atoms with Crippen LogP contribution in [0.2, 0.25) is 0 Å². The monoisotopic (exact) mass is 266 g/mol. The molecule has 0 fully saturated rings. The van der Waals surface area contributed by atoms with Crippen molar-refractivity contribution in [3.8, 4) is 0 Å². The number of nitrogens with one attached hydrogen (secondary N) is 1. The number of benzene rings is 1. The van der Waals surface area contributed by atoms with Gasteiger partial charge in [0.1, 0.15) is 11.4 Å². The van der Waals surface area contributed by atoms with Gasteiger partial charge in [-0.25, -0.2) is 8.78 Å². The van der Waals surface area contributed by atoms with Gasteiger partial charge in [0, 0.05) is 25.4 Å². The van der Waals surface area contributed by atoms with E-state index >= 15 is 0 Å². The van der Waals surface area contributed by atoms with E-state index in [1.807, 2.05) is 0 Å². The van der Waals surface area contributed by atoms with Crippen LogP contribution in [0, 0.1) is 11.6 Å². The average Bonchev–Trinajstić information content (AvgIpc) is 2.78. The molecule has 0 atom stereocenters. The number of hydrogen-bond acceptors (Lipinski definition) is 3. The van der Waals surface area contributed by atoms with Gasteiger partial charge < -0.3 is 11.1 Å². The standard InChI is InChI=1S/C12H12F2N4O/c1-18-6-7(5-17-18)4-16-12(19)10-8(13)2-3-9(15)11(10)14/h2-3,5-6H,4,15H2,1H3,(H,16,19). The predicted octanol–water partition coefficient (Wildman–Crippen LogP) is 1.21. The topological polar surface area (TPSA) is 72.9 Å². The van der Waals surface area contributed by atoms with Crippen LogP contribution in [0.1, 0.15) is 15.9 Å². The highest BCUT2D eigenvalue weighted by Crippen LogP contribution is 2.18. The number of nitrogens with two attached hydrogens (primary N) is 1. The molecule has 2 aromatic rings. The highest BCUT2D eigenvalue weighted by Gasteiger charge is 2.19. The first kappa shape index (κ1) is 13.0. The number of carbonyl (C=O) groups is 1. The number of nitrogens with zero attached hydrogens (tertiary/aromatic N) is 2. The van der Waals surface area contributed by atoms with Crippen LogP contribution >= 0.6 is 0 Å². The summed E-state index contributed by atoms with van der Waals surface area (Å²) in [4.78, 5) is 11.7. The first-order chi connectivity index (χ1) is 8.99. The van der Waals surface area contributed by atoms with E-state index in [9.17, 15) is 13.6 Å². The molecule has 1 heterocycles. The average molecular weight is 266 g/mol. The van der Waals surface area contributed by atoms with Crippen LogP contribution in [-0.2, 0) is 13.6 Å². The van der Waals surface area contributed by atoms with Gasteiger partial charge in [0.2, 0.25) is 0 Å². The van der Waals surface area contributed by atoms with E-state index in [4.69, 9.17) is 5.73 Å². The van der Waals surface area contributed by atoms with Gasteiger partial charge in [0.05, 0.1) is 11.9 Å². The molecule has 1 amide bonds. The molecular formula is C12H12F2N4O. The molecule has 7 heteroatoms. The third kappa shape index (κ3) is 2.70. The molecule has 0 saturated carbocycles. The fraction of sp³-hybridized carbons (Fsp3) is 0.167. The van der Waals surface area contributed by atoms with Crippen LogP contribution in [0.3, 0.4) is 0 Å². The normalized spacial score (nSPS) is 10.5. The van der Waals surface area contributed by atoms with E-state index in [2.05, 4.69) is 10.4 Å². The molecule has 0 saturated heterocycles. The number of anilines is 1. The molecule has 0 aliphatic heterocycles. The highest BCUT2D eigenvalue weighted by molar-refractivity contribution is 5.95. The number of halogens is 2. The fourth-order valence-corrected chi connectivity index (χ4v) is 1.61. The van der Waals surface area contributed by atoms with Gasteiger partial charge in [0.15, 0.2) is 5.82 Å². The van der Waals surface area contributed by atoms with Crippen molar-refractivity contribution in [1.82, 2.24) is 15.1 Å². The summed E-state index contributed by atoms with van der Waals surface area (Å²) in [6, 6.07) is 2.03. The van der Waals surface area contributed by atoms with Crippen molar-refractivity contribution in [2.24, 2.45) is 7.05 Å². The van der Waals surface area contributed by atoms with Gasteiger partial charge in [0.25, 0.3) is 5.91 Å². The van der Waals surface area contributed by atoms with Gasteiger partial charge in [-0.2, -0.15) is 5.10 Å². The maximum atomic E-state index is 13.6. The summed E-state index contributed by atoms with van der Waals surface area (Å²) in [7, 11) is 1.72. The zero-order chi connectivity index (χ0) is 14.0. The maximum absolute atomic E-state index is 13.6. The molecule has 0 bridgehead atoms. The molecule has 0 aliphatic carbocycles.